The van der Waals surface area contributed by atoms with Crippen LogP contribution in [-0.2, 0) is 6.54 Å². The minimum atomic E-state index is 0.413. The van der Waals surface area contributed by atoms with Crippen molar-refractivity contribution in [2.24, 2.45) is 0 Å². The van der Waals surface area contributed by atoms with E-state index in [-0.39, 0.29) is 0 Å². The Labute approximate surface area is 120 Å². The molecule has 0 bridgehead atoms. The fraction of sp³-hybridized carbons (Fsp3) is 0.143. The second-order valence-electron chi connectivity index (χ2n) is 4.09. The van der Waals surface area contributed by atoms with Crippen molar-refractivity contribution in [2.45, 2.75) is 6.54 Å². The highest BCUT2D eigenvalue weighted by atomic mass is 32.1. The number of ether oxygens (including phenoxy) is 1. The first kappa shape index (κ1) is 12.7. The minimum absolute atomic E-state index is 0.413. The van der Waals surface area contributed by atoms with Crippen molar-refractivity contribution in [2.75, 3.05) is 12.4 Å². The number of methoxy groups -OCH3 is 1. The van der Waals surface area contributed by atoms with Gasteiger partial charge in [0.05, 0.1) is 13.7 Å². The first-order valence-corrected chi connectivity index (χ1v) is 6.97. The monoisotopic (exact) mass is 287 g/mol. The maximum absolute atomic E-state index is 5.18. The molecule has 0 amide bonds. The Morgan fingerprint density at radius 3 is 3.05 bits per heavy atom. The third kappa shape index (κ3) is 2.80. The van der Waals surface area contributed by atoms with Crippen molar-refractivity contribution in [3.63, 3.8) is 0 Å². The van der Waals surface area contributed by atoms with Gasteiger partial charge < -0.3 is 14.6 Å². The van der Waals surface area contributed by atoms with Gasteiger partial charge in [-0.1, -0.05) is 23.4 Å². The number of thiophene rings is 1. The zero-order chi connectivity index (χ0) is 13.8. The Bertz CT molecular complexity index is 679. The molecular formula is C14H13N3O2S. The van der Waals surface area contributed by atoms with E-state index in [1.807, 2.05) is 35.7 Å². The first-order chi connectivity index (χ1) is 9.85. The summed E-state index contributed by atoms with van der Waals surface area (Å²) in [5.74, 6) is 1.30. The Morgan fingerprint density at radius 2 is 2.25 bits per heavy atom. The van der Waals surface area contributed by atoms with Crippen LogP contribution in [-0.4, -0.2) is 17.3 Å². The molecule has 0 radical (unpaired) electrons. The van der Waals surface area contributed by atoms with E-state index in [0.717, 1.165) is 11.3 Å². The van der Waals surface area contributed by atoms with Crippen LogP contribution in [0.5, 0.6) is 5.75 Å². The van der Waals surface area contributed by atoms with Crippen LogP contribution in [0.3, 0.4) is 0 Å². The van der Waals surface area contributed by atoms with E-state index in [2.05, 4.69) is 21.5 Å². The molecule has 20 heavy (non-hydrogen) atoms. The van der Waals surface area contributed by atoms with Crippen molar-refractivity contribution in [3.05, 3.63) is 46.7 Å². The summed E-state index contributed by atoms with van der Waals surface area (Å²) in [5, 5.41) is 9.10. The van der Waals surface area contributed by atoms with E-state index in [9.17, 15) is 0 Å². The second kappa shape index (κ2) is 5.75. The van der Waals surface area contributed by atoms with Crippen molar-refractivity contribution < 1.29 is 9.26 Å². The number of nitrogens with one attached hydrogen (secondary N) is 1. The van der Waals surface area contributed by atoms with Gasteiger partial charge in [-0.2, -0.15) is 4.98 Å². The van der Waals surface area contributed by atoms with Gasteiger partial charge in [-0.15, -0.1) is 11.3 Å². The van der Waals surface area contributed by atoms with Gasteiger partial charge in [0.1, 0.15) is 5.75 Å². The average molecular weight is 287 g/mol. The third-order valence-corrected chi connectivity index (χ3v) is 3.62. The summed E-state index contributed by atoms with van der Waals surface area (Å²) in [4.78, 5) is 5.53. The van der Waals surface area contributed by atoms with Crippen LogP contribution in [0, 0.1) is 0 Å². The minimum Gasteiger partial charge on any atom is -0.497 e. The number of benzene rings is 1. The molecule has 0 fully saturated rings. The predicted octanol–water partition coefficient (Wildman–Crippen LogP) is 3.42. The summed E-state index contributed by atoms with van der Waals surface area (Å²) in [7, 11) is 1.63. The average Bonchev–Trinajstić information content (AvgIpc) is 3.16. The van der Waals surface area contributed by atoms with Gasteiger partial charge in [0, 0.05) is 10.4 Å². The van der Waals surface area contributed by atoms with Crippen LogP contribution < -0.4 is 10.1 Å². The highest BCUT2D eigenvalue weighted by molar-refractivity contribution is 7.09. The van der Waals surface area contributed by atoms with E-state index in [1.165, 1.54) is 4.88 Å². The first-order valence-electron chi connectivity index (χ1n) is 6.09. The quantitative estimate of drug-likeness (QED) is 0.779. The Morgan fingerprint density at radius 1 is 1.30 bits per heavy atom. The van der Waals surface area contributed by atoms with Gasteiger partial charge in [0.15, 0.2) is 0 Å². The molecule has 0 aliphatic heterocycles. The summed E-state index contributed by atoms with van der Waals surface area (Å²) in [6.07, 6.45) is 0. The molecule has 2 aromatic heterocycles. The molecule has 0 spiro atoms. The number of hydrogen-bond donors (Lipinski definition) is 1. The van der Waals surface area contributed by atoms with Gasteiger partial charge in [0.25, 0.3) is 0 Å². The van der Waals surface area contributed by atoms with Crippen molar-refractivity contribution in [1.29, 1.82) is 0 Å². The number of aromatic nitrogens is 2. The van der Waals surface area contributed by atoms with E-state index in [0.29, 0.717) is 18.4 Å². The number of nitrogens with zero attached hydrogens (tertiary/aromatic N) is 2. The molecule has 1 aromatic carbocycles. The van der Waals surface area contributed by atoms with Gasteiger partial charge in [-0.3, -0.25) is 0 Å². The lowest BCUT2D eigenvalue weighted by Crippen LogP contribution is -1.97. The summed E-state index contributed by atoms with van der Waals surface area (Å²) < 4.78 is 10.4. The molecule has 3 aromatic rings. The highest BCUT2D eigenvalue weighted by Crippen LogP contribution is 2.22. The van der Waals surface area contributed by atoms with Gasteiger partial charge in [-0.05, 0) is 23.6 Å². The molecular weight excluding hydrogens is 274 g/mol. The molecule has 0 unspecified atom stereocenters. The molecule has 0 saturated carbocycles. The maximum atomic E-state index is 5.18. The Balaban J connectivity index is 1.72. The molecule has 0 aliphatic rings. The van der Waals surface area contributed by atoms with Crippen LogP contribution in [0.15, 0.2) is 46.3 Å². The smallest absolute Gasteiger partial charge is 0.322 e. The van der Waals surface area contributed by atoms with Crippen LogP contribution in [0.4, 0.5) is 6.01 Å². The van der Waals surface area contributed by atoms with Gasteiger partial charge in [0.2, 0.25) is 5.82 Å². The molecule has 102 valence electrons. The Kier molecular flexibility index (Phi) is 3.64. The molecule has 5 nitrogen and oxygen atoms in total. The zero-order valence-corrected chi connectivity index (χ0v) is 11.7. The topological polar surface area (TPSA) is 60.2 Å². The summed E-state index contributed by atoms with van der Waals surface area (Å²) in [5.41, 5.74) is 0.859. The predicted molar refractivity (Wildman–Crippen MR) is 77.9 cm³/mol. The maximum Gasteiger partial charge on any atom is 0.322 e. The normalized spacial score (nSPS) is 10.4. The number of rotatable bonds is 5. The van der Waals surface area contributed by atoms with Crippen LogP contribution in [0.25, 0.3) is 11.4 Å². The molecule has 2 heterocycles. The fourth-order valence-corrected chi connectivity index (χ4v) is 2.40. The molecule has 0 saturated heterocycles. The third-order valence-electron chi connectivity index (χ3n) is 2.75. The van der Waals surface area contributed by atoms with Crippen LogP contribution in [0.2, 0.25) is 0 Å². The van der Waals surface area contributed by atoms with Gasteiger partial charge in [-0.25, -0.2) is 0 Å². The largest absolute Gasteiger partial charge is 0.497 e. The van der Waals surface area contributed by atoms with Crippen molar-refractivity contribution in [3.8, 4) is 17.1 Å². The Hall–Kier alpha value is -2.34. The number of anilines is 1. The molecule has 0 atom stereocenters. The second-order valence-corrected chi connectivity index (χ2v) is 5.12. The van der Waals surface area contributed by atoms with Gasteiger partial charge >= 0.3 is 6.01 Å². The van der Waals surface area contributed by atoms with E-state index in [1.54, 1.807) is 18.4 Å². The molecule has 6 heteroatoms. The standard InChI is InChI=1S/C14H13N3O2S/c1-18-11-5-2-4-10(8-11)13-16-14(19-17-13)15-9-12-6-3-7-20-12/h2-8H,9H2,1H3,(H,15,16,17). The molecule has 3 rings (SSSR count). The molecule has 0 aliphatic carbocycles. The fourth-order valence-electron chi connectivity index (χ4n) is 1.75. The summed E-state index contributed by atoms with van der Waals surface area (Å²) >= 11 is 1.68. The van der Waals surface area contributed by atoms with Crippen LogP contribution >= 0.6 is 11.3 Å². The van der Waals surface area contributed by atoms with E-state index in [4.69, 9.17) is 9.26 Å². The lowest BCUT2D eigenvalue weighted by atomic mass is 10.2. The van der Waals surface area contributed by atoms with E-state index < -0.39 is 0 Å². The highest BCUT2D eigenvalue weighted by Gasteiger charge is 2.09. The van der Waals surface area contributed by atoms with Crippen molar-refractivity contribution in [1.82, 2.24) is 10.1 Å². The van der Waals surface area contributed by atoms with E-state index >= 15 is 0 Å². The SMILES string of the molecule is COc1cccc(-c2noc(NCc3cccs3)n2)c1. The van der Waals surface area contributed by atoms with Crippen molar-refractivity contribution >= 4 is 17.4 Å². The lowest BCUT2D eigenvalue weighted by Gasteiger charge is -2.00. The number of hydrogen-bond acceptors (Lipinski definition) is 6. The van der Waals surface area contributed by atoms with Crippen LogP contribution in [0.1, 0.15) is 4.88 Å². The lowest BCUT2D eigenvalue weighted by molar-refractivity contribution is 0.414. The summed E-state index contributed by atoms with van der Waals surface area (Å²) in [6.45, 7) is 0.678. The zero-order valence-electron chi connectivity index (χ0n) is 10.9. The molecule has 1 N–H and O–H groups in total. The summed E-state index contributed by atoms with van der Waals surface area (Å²) in [6, 6.07) is 12.0.